The van der Waals surface area contributed by atoms with Gasteiger partial charge in [0.15, 0.2) is 0 Å². The smallest absolute Gasteiger partial charge is 0.0464 e. The molecule has 12 aromatic carbocycles. The number of hydrogen-bond acceptors (Lipinski definition) is 4. The van der Waals surface area contributed by atoms with Crippen molar-refractivity contribution in [3.05, 3.63) is 325 Å². The van der Waals surface area contributed by atoms with E-state index in [1.54, 1.807) is 0 Å². The van der Waals surface area contributed by atoms with Gasteiger partial charge in [-0.3, -0.25) is 0 Å². The molecule has 0 radical (unpaired) electrons. The van der Waals surface area contributed by atoms with Gasteiger partial charge in [0.25, 0.3) is 0 Å². The van der Waals surface area contributed by atoms with Crippen molar-refractivity contribution in [3.63, 3.8) is 0 Å². The van der Waals surface area contributed by atoms with E-state index in [9.17, 15) is 0 Å². The van der Waals surface area contributed by atoms with Gasteiger partial charge in [0.2, 0.25) is 0 Å². The Labute approximate surface area is 484 Å². The molecule has 0 aliphatic rings. The van der Waals surface area contributed by atoms with Crippen LogP contribution in [0, 0.1) is 41.5 Å². The third-order valence-corrected chi connectivity index (χ3v) is 15.3. The van der Waals surface area contributed by atoms with Crippen LogP contribution in [0.25, 0.3) is 33.4 Å². The Bertz CT molecular complexity index is 3850. The molecule has 0 amide bonds. The minimum atomic E-state index is 1.07. The summed E-state index contributed by atoms with van der Waals surface area (Å²) in [7, 11) is 0. The molecule has 0 saturated carbocycles. The van der Waals surface area contributed by atoms with E-state index in [2.05, 4.69) is 352 Å². The Hall–Kier alpha value is -10.2. The van der Waals surface area contributed by atoms with Crippen molar-refractivity contribution in [3.8, 4) is 33.4 Å². The topological polar surface area (TPSA) is 13.0 Å². The van der Waals surface area contributed by atoms with Crippen LogP contribution in [0.2, 0.25) is 0 Å². The van der Waals surface area contributed by atoms with Crippen LogP contribution in [0.15, 0.2) is 291 Å². The molecule has 0 fully saturated rings. The molecule has 12 aromatic rings. The molecule has 0 heterocycles. The lowest BCUT2D eigenvalue weighted by Gasteiger charge is -2.27. The van der Waals surface area contributed by atoms with Crippen molar-refractivity contribution in [2.45, 2.75) is 41.5 Å². The first-order valence-electron chi connectivity index (χ1n) is 28.3. The minimum Gasteiger partial charge on any atom is -0.311 e. The van der Waals surface area contributed by atoms with Crippen molar-refractivity contribution in [1.82, 2.24) is 0 Å². The van der Waals surface area contributed by atoms with E-state index in [-0.39, 0.29) is 0 Å². The van der Waals surface area contributed by atoms with Gasteiger partial charge in [-0.15, -0.1) is 0 Å². The minimum absolute atomic E-state index is 1.07. The standard InChI is InChI=1S/C78H66N4/c1-55-22-36-67(37-23-55)80(74-17-7-12-56(2)50-74)71-44-30-64(31-45-71)61-24-38-68(39-25-61)79(69-40-26-62(27-41-69)65-32-46-72(47-33-65)81(75-18-8-13-57(3)51-75)76-19-9-14-58(4)52-76)70-42-28-63(29-43-70)66-34-48-73(49-35-66)82(77-20-10-15-59(5)53-77)78-21-11-16-60(6)54-78/h7-54H,1-6H3. The third-order valence-electron chi connectivity index (χ3n) is 15.3. The summed E-state index contributed by atoms with van der Waals surface area (Å²) in [6.07, 6.45) is 0. The van der Waals surface area contributed by atoms with Crippen LogP contribution >= 0.6 is 0 Å². The maximum absolute atomic E-state index is 2.36. The molecule has 0 spiro atoms. The summed E-state index contributed by atoms with van der Waals surface area (Å²) in [4.78, 5) is 9.37. The molecule has 4 nitrogen and oxygen atoms in total. The predicted molar refractivity (Wildman–Crippen MR) is 350 cm³/mol. The first kappa shape index (κ1) is 52.5. The average molecular weight is 1060 g/mol. The second kappa shape index (κ2) is 23.3. The summed E-state index contributed by atoms with van der Waals surface area (Å²) < 4.78 is 0. The number of anilines is 12. The fraction of sp³-hybridized carbons (Fsp3) is 0.0769. The summed E-state index contributed by atoms with van der Waals surface area (Å²) >= 11 is 0. The van der Waals surface area contributed by atoms with Crippen LogP contribution in [0.1, 0.15) is 33.4 Å². The predicted octanol–water partition coefficient (Wildman–Crippen LogP) is 22.4. The van der Waals surface area contributed by atoms with Crippen molar-refractivity contribution in [2.75, 3.05) is 19.6 Å². The summed E-state index contributed by atoms with van der Waals surface area (Å²) in [5, 5.41) is 0. The van der Waals surface area contributed by atoms with Crippen LogP contribution < -0.4 is 19.6 Å². The van der Waals surface area contributed by atoms with Gasteiger partial charge in [-0.1, -0.05) is 151 Å². The van der Waals surface area contributed by atoms with Gasteiger partial charge in [0.05, 0.1) is 0 Å². The van der Waals surface area contributed by atoms with E-state index in [1.807, 2.05) is 0 Å². The molecule has 0 unspecified atom stereocenters. The molecule has 0 saturated heterocycles. The van der Waals surface area contributed by atoms with Crippen LogP contribution in [0.5, 0.6) is 0 Å². The SMILES string of the molecule is Cc1ccc(N(c2ccc(-c3ccc(N(c4ccc(-c5ccc(N(c6cccc(C)c6)c6cccc(C)c6)cc5)cc4)c4ccc(-c5ccc(N(c6cccc(C)c6)c6cccc(C)c6)cc5)cc4)cc3)cc2)c2cccc(C)c2)cc1. The molecule has 12 rings (SSSR count). The molecule has 0 bridgehead atoms. The molecule has 398 valence electrons. The maximum atomic E-state index is 2.36. The highest BCUT2D eigenvalue weighted by atomic mass is 15.2. The summed E-state index contributed by atoms with van der Waals surface area (Å²) in [6, 6.07) is 106. The fourth-order valence-electron chi connectivity index (χ4n) is 11.1. The molecule has 82 heavy (non-hydrogen) atoms. The molecule has 0 aromatic heterocycles. The number of rotatable bonds is 15. The van der Waals surface area contributed by atoms with Gasteiger partial charge in [0, 0.05) is 68.2 Å². The molecule has 0 aliphatic carbocycles. The van der Waals surface area contributed by atoms with Crippen molar-refractivity contribution < 1.29 is 0 Å². The monoisotopic (exact) mass is 1060 g/mol. The number of aryl methyl sites for hydroxylation is 6. The third kappa shape index (κ3) is 11.5. The Morgan fingerprint density at radius 2 is 0.305 bits per heavy atom. The fourth-order valence-corrected chi connectivity index (χ4v) is 11.1. The van der Waals surface area contributed by atoms with Crippen LogP contribution in [-0.2, 0) is 0 Å². The Kier molecular flexibility index (Phi) is 14.9. The zero-order valence-electron chi connectivity index (χ0n) is 47.5. The van der Waals surface area contributed by atoms with Gasteiger partial charge in [-0.2, -0.15) is 0 Å². The molecule has 4 heteroatoms. The van der Waals surface area contributed by atoms with Gasteiger partial charge in [0.1, 0.15) is 0 Å². The normalized spacial score (nSPS) is 11.0. The maximum Gasteiger partial charge on any atom is 0.0464 e. The first-order valence-corrected chi connectivity index (χ1v) is 28.3. The summed E-state index contributed by atoms with van der Waals surface area (Å²) in [5.41, 5.74) is 27.6. The van der Waals surface area contributed by atoms with E-state index in [4.69, 9.17) is 0 Å². The van der Waals surface area contributed by atoms with E-state index in [1.165, 1.54) is 33.4 Å². The summed E-state index contributed by atoms with van der Waals surface area (Å²) in [5.74, 6) is 0. The highest BCUT2D eigenvalue weighted by Crippen LogP contribution is 2.42. The average Bonchev–Trinajstić information content (AvgIpc) is 3.64. The lowest BCUT2D eigenvalue weighted by molar-refractivity contribution is 1.26. The van der Waals surface area contributed by atoms with Gasteiger partial charge >= 0.3 is 0 Å². The zero-order chi connectivity index (χ0) is 56.1. The molecule has 0 N–H and O–H groups in total. The van der Waals surface area contributed by atoms with Crippen LogP contribution in [-0.4, -0.2) is 0 Å². The number of hydrogen-bond donors (Lipinski definition) is 0. The molecular formula is C78H66N4. The lowest BCUT2D eigenvalue weighted by Crippen LogP contribution is -2.10. The lowest BCUT2D eigenvalue weighted by atomic mass is 10.0. The number of nitrogens with zero attached hydrogens (tertiary/aromatic N) is 4. The van der Waals surface area contributed by atoms with Crippen LogP contribution in [0.3, 0.4) is 0 Å². The number of benzene rings is 12. The van der Waals surface area contributed by atoms with E-state index in [0.717, 1.165) is 102 Å². The van der Waals surface area contributed by atoms with Crippen molar-refractivity contribution >= 4 is 68.2 Å². The zero-order valence-corrected chi connectivity index (χ0v) is 47.5. The first-order chi connectivity index (χ1) is 40.1. The van der Waals surface area contributed by atoms with Gasteiger partial charge in [-0.25, -0.2) is 0 Å². The van der Waals surface area contributed by atoms with Gasteiger partial charge in [-0.05, 0) is 248 Å². The van der Waals surface area contributed by atoms with Crippen molar-refractivity contribution in [2.24, 2.45) is 0 Å². The Morgan fingerprint density at radius 1 is 0.146 bits per heavy atom. The molecule has 0 aliphatic heterocycles. The Morgan fingerprint density at radius 3 is 0.488 bits per heavy atom. The largest absolute Gasteiger partial charge is 0.311 e. The second-order valence-corrected chi connectivity index (χ2v) is 21.7. The second-order valence-electron chi connectivity index (χ2n) is 21.7. The highest BCUT2D eigenvalue weighted by Gasteiger charge is 2.19. The summed E-state index contributed by atoms with van der Waals surface area (Å²) in [6.45, 7) is 12.9. The molecule has 0 atom stereocenters. The van der Waals surface area contributed by atoms with E-state index < -0.39 is 0 Å². The highest BCUT2D eigenvalue weighted by molar-refractivity contribution is 5.85. The van der Waals surface area contributed by atoms with Gasteiger partial charge < -0.3 is 19.6 Å². The van der Waals surface area contributed by atoms with Crippen molar-refractivity contribution in [1.29, 1.82) is 0 Å². The quantitative estimate of drug-likeness (QED) is 0.101. The van der Waals surface area contributed by atoms with E-state index >= 15 is 0 Å². The van der Waals surface area contributed by atoms with E-state index in [0.29, 0.717) is 0 Å². The van der Waals surface area contributed by atoms with Crippen LogP contribution in [0.4, 0.5) is 68.2 Å². The Balaban J connectivity index is 0.858. The molecular weight excluding hydrogens is 993 g/mol.